The average molecular weight is 818 g/mol. The van der Waals surface area contributed by atoms with Gasteiger partial charge in [0, 0.05) is 45.0 Å². The predicted molar refractivity (Wildman–Crippen MR) is 195 cm³/mol. The maximum absolute atomic E-state index is 12.0. The van der Waals surface area contributed by atoms with Crippen molar-refractivity contribution >= 4 is 71.9 Å². The molecule has 264 valence electrons. The number of hydrogen-bond acceptors (Lipinski definition) is 12. The highest BCUT2D eigenvalue weighted by Gasteiger charge is 2.23. The Bertz CT molecular complexity index is 1980. The molecule has 1 aromatic heterocycles. The summed E-state index contributed by atoms with van der Waals surface area (Å²) in [6.07, 6.45) is 1.71. The number of anilines is 2. The Morgan fingerprint density at radius 2 is 1.22 bits per heavy atom. The first-order valence-electron chi connectivity index (χ1n) is 14.0. The van der Waals surface area contributed by atoms with E-state index in [1.165, 1.54) is 60.9 Å². The molecule has 5 rings (SSSR count). The molecule has 0 fully saturated rings. The van der Waals surface area contributed by atoms with E-state index in [9.17, 15) is 19.7 Å². The number of esters is 2. The quantitative estimate of drug-likeness (QED) is 0.0819. The number of nitrogens with one attached hydrogen (secondary N) is 1. The van der Waals surface area contributed by atoms with E-state index < -0.39 is 16.9 Å². The lowest BCUT2D eigenvalue weighted by Gasteiger charge is -2.15. The van der Waals surface area contributed by atoms with Gasteiger partial charge in [-0.25, -0.2) is 14.6 Å². The number of imidazole rings is 1. The monoisotopic (exact) mass is 816 g/mol. The number of carbonyl (C=O) groups excluding carboxylic acids is 2. The Morgan fingerprint density at radius 1 is 0.740 bits per heavy atom. The number of ether oxygens (including phenoxy) is 6. The summed E-state index contributed by atoms with van der Waals surface area (Å²) >= 11 is 6.64. The molecule has 1 heterocycles. The third-order valence-corrected chi connectivity index (χ3v) is 7.98. The van der Waals surface area contributed by atoms with Crippen LogP contribution in [0.25, 0.3) is 16.7 Å². The number of nitro groups is 1. The Labute approximate surface area is 304 Å². The van der Waals surface area contributed by atoms with Gasteiger partial charge < -0.3 is 33.7 Å². The molecule has 0 aliphatic carbocycles. The van der Waals surface area contributed by atoms with Crippen molar-refractivity contribution in [2.24, 2.45) is 0 Å². The van der Waals surface area contributed by atoms with Gasteiger partial charge in [0.1, 0.15) is 46.1 Å². The summed E-state index contributed by atoms with van der Waals surface area (Å²) in [5.41, 5.74) is 3.54. The molecular formula is C34H34Br2N4O10. The summed E-state index contributed by atoms with van der Waals surface area (Å²) in [6.45, 7) is 0. The minimum Gasteiger partial charge on any atom is -0.496 e. The highest BCUT2D eigenvalue weighted by Crippen LogP contribution is 2.37. The van der Waals surface area contributed by atoms with E-state index in [2.05, 4.69) is 42.2 Å². The predicted octanol–water partition coefficient (Wildman–Crippen LogP) is 8.13. The summed E-state index contributed by atoms with van der Waals surface area (Å²) in [5, 5.41) is 14.2. The molecule has 0 atom stereocenters. The van der Waals surface area contributed by atoms with Crippen LogP contribution in [-0.4, -0.2) is 69.1 Å². The Balaban J connectivity index is 0.000000265. The van der Waals surface area contributed by atoms with Crippen molar-refractivity contribution in [2.75, 3.05) is 48.0 Å². The van der Waals surface area contributed by atoms with E-state index in [1.54, 1.807) is 30.6 Å². The fourth-order valence-electron chi connectivity index (χ4n) is 4.74. The van der Waals surface area contributed by atoms with Crippen molar-refractivity contribution in [3.8, 4) is 28.7 Å². The second-order valence-electron chi connectivity index (χ2n) is 9.76. The minimum atomic E-state index is -0.616. The molecule has 0 radical (unpaired) electrons. The van der Waals surface area contributed by atoms with Crippen LogP contribution >= 0.6 is 31.9 Å². The zero-order valence-corrected chi connectivity index (χ0v) is 30.2. The smallest absolute Gasteiger partial charge is 0.345 e. The van der Waals surface area contributed by atoms with Gasteiger partial charge in [-0.3, -0.25) is 14.7 Å². The number of nitrogens with zero attached hydrogens (tertiary/aromatic N) is 3. The molecule has 0 unspecified atom stereocenters. The average Bonchev–Trinajstić information content (AvgIpc) is 3.53. The largest absolute Gasteiger partial charge is 0.496 e. The number of methoxy groups -OCH3 is 6. The Kier molecular flexibility index (Phi) is 13.6. The number of halogens is 2. The number of rotatable bonds is 10. The zero-order chi connectivity index (χ0) is 35.8. The lowest BCUT2D eigenvalue weighted by atomic mass is 10.1. The Morgan fingerprint density at radius 3 is 1.70 bits per heavy atom. The third kappa shape index (κ3) is 8.44. The molecule has 0 aliphatic rings. The fraction of sp³-hybridized carbons (Fsp3) is 0.206. The summed E-state index contributed by atoms with van der Waals surface area (Å²) in [6, 6.07) is 17.0. The van der Waals surface area contributed by atoms with Crippen LogP contribution in [0.4, 0.5) is 17.1 Å². The molecule has 0 bridgehead atoms. The topological polar surface area (TPSA) is 163 Å². The lowest BCUT2D eigenvalue weighted by Crippen LogP contribution is -2.08. The van der Waals surface area contributed by atoms with Crippen LogP contribution in [0.15, 0.2) is 75.9 Å². The van der Waals surface area contributed by atoms with Crippen LogP contribution in [0, 0.1) is 10.1 Å². The molecule has 14 nitrogen and oxygen atoms in total. The van der Waals surface area contributed by atoms with Crippen molar-refractivity contribution in [3.63, 3.8) is 0 Å². The first-order valence-corrected chi connectivity index (χ1v) is 15.6. The van der Waals surface area contributed by atoms with Crippen LogP contribution in [0.1, 0.15) is 28.1 Å². The van der Waals surface area contributed by atoms with E-state index in [4.69, 9.17) is 28.4 Å². The van der Waals surface area contributed by atoms with E-state index in [0.717, 1.165) is 21.2 Å². The normalized spacial score (nSPS) is 10.2. The first kappa shape index (κ1) is 39.1. The van der Waals surface area contributed by atoms with Gasteiger partial charge in [0.25, 0.3) is 5.69 Å². The van der Waals surface area contributed by atoms with E-state index in [-0.39, 0.29) is 41.4 Å². The SMILES string of the molecule is C.COC(=O)c1c(OC)cc(-n2cnc3cc(Br)ccc32)cc1OC.COC(=O)c1c(OC)cc(Nc2ccc(Br)cc2[N+](=O)[O-])cc1OC. The standard InChI is InChI=1S/C17H15BrN2O4.C16H15BrN2O6.CH4/c1-22-14-7-11(8-15(23-2)16(14)17(21)24-3)20-9-19-12-6-10(18)4-5-13(12)20;1-23-13-7-10(8-14(24-2)15(13)16(20)25-3)18-11-5-4-9(17)6-12(11)19(21)22;/h4-9H,1-3H3;4-8,18H,1-3H3;1H4. The van der Waals surface area contributed by atoms with Gasteiger partial charge in [0.2, 0.25) is 0 Å². The number of benzene rings is 4. The molecule has 0 saturated heterocycles. The molecule has 0 saturated carbocycles. The van der Waals surface area contributed by atoms with E-state index in [1.807, 2.05) is 22.8 Å². The number of nitro benzene ring substituents is 1. The molecule has 16 heteroatoms. The van der Waals surface area contributed by atoms with Crippen molar-refractivity contribution in [1.29, 1.82) is 0 Å². The molecule has 50 heavy (non-hydrogen) atoms. The van der Waals surface area contributed by atoms with Crippen LogP contribution in [-0.2, 0) is 9.47 Å². The highest BCUT2D eigenvalue weighted by atomic mass is 79.9. The van der Waals surface area contributed by atoms with Crippen LogP contribution < -0.4 is 24.3 Å². The maximum atomic E-state index is 12.0. The van der Waals surface area contributed by atoms with Crippen molar-refractivity contribution in [3.05, 3.63) is 97.2 Å². The van der Waals surface area contributed by atoms with Gasteiger partial charge in [0.15, 0.2) is 0 Å². The number of aromatic nitrogens is 2. The fourth-order valence-corrected chi connectivity index (χ4v) is 5.43. The summed E-state index contributed by atoms with van der Waals surface area (Å²) in [4.78, 5) is 39.1. The third-order valence-electron chi connectivity index (χ3n) is 7.00. The molecule has 0 aliphatic heterocycles. The van der Waals surface area contributed by atoms with Gasteiger partial charge >= 0.3 is 11.9 Å². The molecule has 4 aromatic carbocycles. The number of hydrogen-bond donors (Lipinski definition) is 1. The molecule has 1 N–H and O–H groups in total. The molecule has 0 amide bonds. The van der Waals surface area contributed by atoms with Crippen LogP contribution in [0.5, 0.6) is 23.0 Å². The van der Waals surface area contributed by atoms with Crippen molar-refractivity contribution in [1.82, 2.24) is 9.55 Å². The van der Waals surface area contributed by atoms with Crippen LogP contribution in [0.2, 0.25) is 0 Å². The van der Waals surface area contributed by atoms with Gasteiger partial charge in [-0.1, -0.05) is 39.3 Å². The molecular weight excluding hydrogens is 784 g/mol. The second-order valence-corrected chi connectivity index (χ2v) is 11.6. The van der Waals surface area contributed by atoms with Gasteiger partial charge in [-0.2, -0.15) is 0 Å². The van der Waals surface area contributed by atoms with Gasteiger partial charge in [-0.15, -0.1) is 0 Å². The lowest BCUT2D eigenvalue weighted by molar-refractivity contribution is -0.384. The van der Waals surface area contributed by atoms with E-state index >= 15 is 0 Å². The van der Waals surface area contributed by atoms with E-state index in [0.29, 0.717) is 21.7 Å². The van der Waals surface area contributed by atoms with Gasteiger partial charge in [-0.05, 0) is 30.3 Å². The van der Waals surface area contributed by atoms with Crippen molar-refractivity contribution < 1.29 is 42.9 Å². The summed E-state index contributed by atoms with van der Waals surface area (Å²) < 4.78 is 34.1. The van der Waals surface area contributed by atoms with Crippen molar-refractivity contribution in [2.45, 2.75) is 7.43 Å². The molecule has 5 aromatic rings. The highest BCUT2D eigenvalue weighted by molar-refractivity contribution is 9.10. The minimum absolute atomic E-state index is 0. The van der Waals surface area contributed by atoms with Crippen LogP contribution in [0.3, 0.4) is 0 Å². The maximum Gasteiger partial charge on any atom is 0.345 e. The number of fused-ring (bicyclic) bond motifs is 1. The second kappa shape index (κ2) is 17.3. The summed E-state index contributed by atoms with van der Waals surface area (Å²) in [5.74, 6) is 0.0387. The number of carbonyl (C=O) groups is 2. The first-order chi connectivity index (χ1) is 23.5. The zero-order valence-electron chi connectivity index (χ0n) is 27.0. The van der Waals surface area contributed by atoms with Gasteiger partial charge in [0.05, 0.1) is 64.3 Å². The molecule has 0 spiro atoms. The Hall–Kier alpha value is -5.35. The summed E-state index contributed by atoms with van der Waals surface area (Å²) in [7, 11) is 8.34.